The second-order valence-electron chi connectivity index (χ2n) is 5.24. The molecule has 1 aromatic carbocycles. The molecule has 5 nitrogen and oxygen atoms in total. The van der Waals surface area contributed by atoms with Crippen LogP contribution in [0.3, 0.4) is 0 Å². The highest BCUT2D eigenvalue weighted by Gasteiger charge is 2.51. The maximum Gasteiger partial charge on any atom is 0.271 e. The molecule has 0 radical (unpaired) electrons. The number of halogens is 1. The molecule has 3 rings (SSSR count). The van der Waals surface area contributed by atoms with Gasteiger partial charge in [-0.25, -0.2) is 0 Å². The number of nitrogens with one attached hydrogen (secondary N) is 2. The van der Waals surface area contributed by atoms with E-state index in [-0.39, 0.29) is 5.91 Å². The fraction of sp³-hybridized carbons (Fsp3) is 0.188. The van der Waals surface area contributed by atoms with E-state index in [1.54, 1.807) is 30.5 Å². The number of hydrogen-bond acceptors (Lipinski definition) is 3. The lowest BCUT2D eigenvalue weighted by Crippen LogP contribution is -2.46. The van der Waals surface area contributed by atoms with E-state index in [0.29, 0.717) is 10.6 Å². The smallest absolute Gasteiger partial charge is 0.271 e. The first-order chi connectivity index (χ1) is 10.6. The van der Waals surface area contributed by atoms with Gasteiger partial charge in [-0.2, -0.15) is 0 Å². The third-order valence-corrected chi connectivity index (χ3v) is 4.05. The van der Waals surface area contributed by atoms with Crippen molar-refractivity contribution in [2.24, 2.45) is 0 Å². The van der Waals surface area contributed by atoms with E-state index < -0.39 is 11.3 Å². The lowest BCUT2D eigenvalue weighted by Gasteiger charge is -2.16. The van der Waals surface area contributed by atoms with Crippen molar-refractivity contribution in [3.05, 3.63) is 64.9 Å². The predicted octanol–water partition coefficient (Wildman–Crippen LogP) is 2.23. The summed E-state index contributed by atoms with van der Waals surface area (Å²) in [7, 11) is 0. The summed E-state index contributed by atoms with van der Waals surface area (Å²) in [6, 6.07) is 10.5. The molecule has 1 saturated carbocycles. The molecule has 2 aromatic rings. The fourth-order valence-electron chi connectivity index (χ4n) is 2.34. The Labute approximate surface area is 132 Å². The molecule has 1 fully saturated rings. The summed E-state index contributed by atoms with van der Waals surface area (Å²) >= 11 is 5.87. The number of hydrazine groups is 1. The number of aromatic nitrogens is 1. The van der Waals surface area contributed by atoms with Gasteiger partial charge in [0.1, 0.15) is 0 Å². The van der Waals surface area contributed by atoms with Gasteiger partial charge in [0.05, 0.1) is 11.0 Å². The van der Waals surface area contributed by atoms with Crippen LogP contribution in [0, 0.1) is 0 Å². The van der Waals surface area contributed by atoms with Gasteiger partial charge in [0.2, 0.25) is 5.91 Å². The van der Waals surface area contributed by atoms with Crippen LogP contribution in [0.2, 0.25) is 5.02 Å². The molecule has 0 bridgehead atoms. The summed E-state index contributed by atoms with van der Waals surface area (Å²) in [5.41, 5.74) is 5.65. The van der Waals surface area contributed by atoms with Crippen LogP contribution in [-0.2, 0) is 10.2 Å². The van der Waals surface area contributed by atoms with Gasteiger partial charge in [-0.05, 0) is 42.7 Å². The van der Waals surface area contributed by atoms with Gasteiger partial charge < -0.3 is 0 Å². The molecule has 0 spiro atoms. The number of carbonyl (C=O) groups is 2. The van der Waals surface area contributed by atoms with Crippen molar-refractivity contribution in [3.63, 3.8) is 0 Å². The number of nitrogens with zero attached hydrogens (tertiary/aromatic N) is 1. The van der Waals surface area contributed by atoms with Crippen molar-refractivity contribution in [2.45, 2.75) is 18.3 Å². The molecular formula is C16H14ClN3O2. The van der Waals surface area contributed by atoms with Crippen LogP contribution in [0.4, 0.5) is 0 Å². The standard InChI is InChI=1S/C16H14ClN3O2/c17-13-5-3-12(4-6-13)16(7-8-16)15(22)20-19-14(21)11-2-1-9-18-10-11/h1-6,9-10H,7-8H2,(H,19,21)(H,20,22). The average Bonchev–Trinajstić information content (AvgIpc) is 3.35. The zero-order chi connectivity index (χ0) is 15.6. The summed E-state index contributed by atoms with van der Waals surface area (Å²) in [6.07, 6.45) is 4.52. The third kappa shape index (κ3) is 2.80. The van der Waals surface area contributed by atoms with Crippen LogP contribution in [0.25, 0.3) is 0 Å². The maximum atomic E-state index is 12.4. The van der Waals surface area contributed by atoms with Crippen LogP contribution in [-0.4, -0.2) is 16.8 Å². The van der Waals surface area contributed by atoms with Crippen molar-refractivity contribution in [1.29, 1.82) is 0 Å². The molecule has 2 N–H and O–H groups in total. The monoisotopic (exact) mass is 315 g/mol. The van der Waals surface area contributed by atoms with Gasteiger partial charge in [0, 0.05) is 17.4 Å². The van der Waals surface area contributed by atoms with Crippen molar-refractivity contribution in [1.82, 2.24) is 15.8 Å². The molecular weight excluding hydrogens is 302 g/mol. The largest absolute Gasteiger partial charge is 0.272 e. The summed E-state index contributed by atoms with van der Waals surface area (Å²) in [4.78, 5) is 28.1. The predicted molar refractivity (Wildman–Crippen MR) is 82.2 cm³/mol. The molecule has 112 valence electrons. The summed E-state index contributed by atoms with van der Waals surface area (Å²) in [6.45, 7) is 0. The molecule has 1 aliphatic rings. The highest BCUT2D eigenvalue weighted by Crippen LogP contribution is 2.48. The first-order valence-corrected chi connectivity index (χ1v) is 7.26. The van der Waals surface area contributed by atoms with E-state index >= 15 is 0 Å². The summed E-state index contributed by atoms with van der Waals surface area (Å²) in [5, 5.41) is 0.629. The zero-order valence-electron chi connectivity index (χ0n) is 11.7. The normalized spacial score (nSPS) is 15.0. The Morgan fingerprint density at radius 3 is 2.41 bits per heavy atom. The minimum absolute atomic E-state index is 0.216. The second-order valence-corrected chi connectivity index (χ2v) is 5.68. The molecule has 1 aromatic heterocycles. The Kier molecular flexibility index (Phi) is 3.81. The first kappa shape index (κ1) is 14.5. The van der Waals surface area contributed by atoms with E-state index in [2.05, 4.69) is 15.8 Å². The van der Waals surface area contributed by atoms with Crippen LogP contribution in [0.15, 0.2) is 48.8 Å². The number of pyridine rings is 1. The van der Waals surface area contributed by atoms with Crippen molar-refractivity contribution < 1.29 is 9.59 Å². The van der Waals surface area contributed by atoms with E-state index in [9.17, 15) is 9.59 Å². The fourth-order valence-corrected chi connectivity index (χ4v) is 2.47. The molecule has 2 amide bonds. The van der Waals surface area contributed by atoms with Gasteiger partial charge in [-0.3, -0.25) is 25.4 Å². The van der Waals surface area contributed by atoms with Crippen molar-refractivity contribution in [2.75, 3.05) is 0 Å². The summed E-state index contributed by atoms with van der Waals surface area (Å²) < 4.78 is 0. The highest BCUT2D eigenvalue weighted by atomic mass is 35.5. The van der Waals surface area contributed by atoms with Crippen LogP contribution < -0.4 is 10.9 Å². The topological polar surface area (TPSA) is 71.1 Å². The van der Waals surface area contributed by atoms with E-state index in [1.165, 1.54) is 6.20 Å². The number of hydrogen-bond donors (Lipinski definition) is 2. The van der Waals surface area contributed by atoms with E-state index in [1.807, 2.05) is 12.1 Å². The maximum absolute atomic E-state index is 12.4. The van der Waals surface area contributed by atoms with Crippen molar-refractivity contribution >= 4 is 23.4 Å². The van der Waals surface area contributed by atoms with Gasteiger partial charge in [0.25, 0.3) is 5.91 Å². The molecule has 0 saturated heterocycles. The van der Waals surface area contributed by atoms with Crippen molar-refractivity contribution in [3.8, 4) is 0 Å². The minimum atomic E-state index is -0.563. The summed E-state index contributed by atoms with van der Waals surface area (Å²) in [5.74, 6) is -0.611. The molecule has 1 heterocycles. The first-order valence-electron chi connectivity index (χ1n) is 6.89. The van der Waals surface area contributed by atoms with Gasteiger partial charge in [-0.15, -0.1) is 0 Å². The Balaban J connectivity index is 1.65. The Morgan fingerprint density at radius 2 is 1.82 bits per heavy atom. The lowest BCUT2D eigenvalue weighted by molar-refractivity contribution is -0.124. The molecule has 0 aliphatic heterocycles. The Hall–Kier alpha value is -2.40. The van der Waals surface area contributed by atoms with E-state index in [0.717, 1.165) is 18.4 Å². The third-order valence-electron chi connectivity index (χ3n) is 3.79. The average molecular weight is 316 g/mol. The van der Waals surface area contributed by atoms with Crippen LogP contribution >= 0.6 is 11.6 Å². The van der Waals surface area contributed by atoms with Gasteiger partial charge >= 0.3 is 0 Å². The number of amides is 2. The minimum Gasteiger partial charge on any atom is -0.272 e. The molecule has 6 heteroatoms. The lowest BCUT2D eigenvalue weighted by atomic mass is 9.95. The molecule has 0 unspecified atom stereocenters. The Morgan fingerprint density at radius 1 is 1.09 bits per heavy atom. The number of rotatable bonds is 3. The van der Waals surface area contributed by atoms with Gasteiger partial charge in [0.15, 0.2) is 0 Å². The van der Waals surface area contributed by atoms with Gasteiger partial charge in [-0.1, -0.05) is 23.7 Å². The molecule has 0 atom stereocenters. The number of benzene rings is 1. The Bertz CT molecular complexity index is 697. The van der Waals surface area contributed by atoms with Crippen LogP contribution in [0.5, 0.6) is 0 Å². The number of carbonyl (C=O) groups excluding carboxylic acids is 2. The second kappa shape index (κ2) is 5.77. The quantitative estimate of drug-likeness (QED) is 0.853. The van der Waals surface area contributed by atoms with E-state index in [4.69, 9.17) is 11.6 Å². The molecule has 1 aliphatic carbocycles. The van der Waals surface area contributed by atoms with Crippen LogP contribution in [0.1, 0.15) is 28.8 Å². The zero-order valence-corrected chi connectivity index (χ0v) is 12.4. The highest BCUT2D eigenvalue weighted by molar-refractivity contribution is 6.30. The molecule has 22 heavy (non-hydrogen) atoms. The SMILES string of the molecule is O=C(NNC(=O)C1(c2ccc(Cl)cc2)CC1)c1cccnc1.